The van der Waals surface area contributed by atoms with Gasteiger partial charge in [0.1, 0.15) is 18.0 Å². The van der Waals surface area contributed by atoms with Crippen molar-refractivity contribution in [1.82, 2.24) is 0 Å². The fourth-order valence-electron chi connectivity index (χ4n) is 9.95. The van der Waals surface area contributed by atoms with Crippen LogP contribution in [0.3, 0.4) is 0 Å². The zero-order valence-electron chi connectivity index (χ0n) is 62.6. The zero-order valence-corrected chi connectivity index (χ0v) is 67.6. The number of rotatable bonds is 26. The molecular weight excluding hydrogens is 1170 g/mol. The highest BCUT2D eigenvalue weighted by molar-refractivity contribution is 6.75. The summed E-state index contributed by atoms with van der Waals surface area (Å²) in [7, 11) is -11.8. The predicted octanol–water partition coefficient (Wildman–Crippen LogP) is 20.6. The van der Waals surface area contributed by atoms with E-state index in [0.29, 0.717) is 6.42 Å². The summed E-state index contributed by atoms with van der Waals surface area (Å²) in [6.45, 7) is 77.9. The number of carbonyl (C=O) groups excluding carboxylic acids is 3. The van der Waals surface area contributed by atoms with E-state index in [-0.39, 0.29) is 103 Å². The Balaban J connectivity index is 4.20. The summed E-state index contributed by atoms with van der Waals surface area (Å²) >= 11 is 0. The Morgan fingerprint density at radius 1 is 0.471 bits per heavy atom. The Kier molecular flexibility index (Phi) is 31.1. The van der Waals surface area contributed by atoms with E-state index in [1.165, 1.54) is 12.2 Å². The molecule has 1 rings (SSSR count). The highest BCUT2D eigenvalue weighted by Gasteiger charge is 2.50. The van der Waals surface area contributed by atoms with Crippen LogP contribution in [0.2, 0.25) is 90.7 Å². The number of allylic oxidation sites excluding steroid dienone is 5. The van der Waals surface area contributed by atoms with E-state index >= 15 is 0 Å². The molecule has 15 atom stereocenters. The second-order valence-corrected chi connectivity index (χ2v) is 57.6. The van der Waals surface area contributed by atoms with Crippen LogP contribution >= 0.6 is 0 Å². The monoisotopic (exact) mass is 1300 g/mol. The molecule has 0 spiro atoms. The topological polar surface area (TPSA) is 116 Å². The molecule has 1 aliphatic rings. The molecule has 0 amide bonds. The Bertz CT molecular complexity index is 2350. The smallest absolute Gasteiger partial charge is 0.331 e. The van der Waals surface area contributed by atoms with E-state index in [9.17, 15) is 14.4 Å². The molecule has 2 unspecified atom stereocenters. The van der Waals surface area contributed by atoms with Crippen LogP contribution in [0.15, 0.2) is 72.9 Å². The van der Waals surface area contributed by atoms with Crippen molar-refractivity contribution < 1.29 is 46.0 Å². The third-order valence-corrected chi connectivity index (χ3v) is 44.0. The average Bonchev–Trinajstić information content (AvgIpc) is 1.34. The molecule has 504 valence electrons. The minimum Gasteiger partial charge on any atom is -0.458 e. The maximum Gasteiger partial charge on any atom is 0.331 e. The number of ketones is 1. The highest BCUT2D eigenvalue weighted by Crippen LogP contribution is 2.46. The molecule has 1 aliphatic heterocycles. The first-order chi connectivity index (χ1) is 39.0. The molecule has 0 saturated heterocycles. The first kappa shape index (κ1) is 82.9. The molecule has 0 aromatic heterocycles. The minimum atomic E-state index is -2.48. The Labute approximate surface area is 541 Å². The number of ether oxygens (including phenoxy) is 2. The lowest BCUT2D eigenvalue weighted by atomic mass is 9.81. The summed E-state index contributed by atoms with van der Waals surface area (Å²) in [4.78, 5) is 41.6. The van der Waals surface area contributed by atoms with Crippen LogP contribution in [0.5, 0.6) is 0 Å². The van der Waals surface area contributed by atoms with Gasteiger partial charge in [0.15, 0.2) is 41.6 Å². The van der Waals surface area contributed by atoms with Crippen LogP contribution in [0.1, 0.15) is 186 Å². The maximum absolute atomic E-state index is 14.4. The van der Waals surface area contributed by atoms with Gasteiger partial charge in [-0.15, -0.1) is 0 Å². The molecule has 0 N–H and O–H groups in total. The number of esters is 2. The molecule has 0 saturated carbocycles. The summed E-state index contributed by atoms with van der Waals surface area (Å²) in [5.41, 5.74) is 0. The molecule has 0 aromatic rings. The Hall–Kier alpha value is -2.07. The average molecular weight is 1300 g/mol. The molecule has 87 heavy (non-hydrogen) atoms. The number of hydrogen-bond acceptors (Lipinski definition) is 10. The van der Waals surface area contributed by atoms with Crippen molar-refractivity contribution in [2.24, 2.45) is 47.3 Å². The van der Waals surface area contributed by atoms with Crippen LogP contribution < -0.4 is 0 Å². The quantitative estimate of drug-likeness (QED) is 0.0471. The molecule has 0 aromatic carbocycles. The van der Waals surface area contributed by atoms with Gasteiger partial charge in [-0.3, -0.25) is 4.79 Å². The normalized spacial score (nSPS) is 24.6. The van der Waals surface area contributed by atoms with Crippen molar-refractivity contribution in [2.75, 3.05) is 0 Å². The molecule has 0 aliphatic carbocycles. The first-order valence-corrected chi connectivity index (χ1v) is 48.0. The summed E-state index contributed by atoms with van der Waals surface area (Å²) < 4.78 is 50.4. The summed E-state index contributed by atoms with van der Waals surface area (Å²) in [5.74, 6) is -2.46. The van der Waals surface area contributed by atoms with Crippen molar-refractivity contribution in [3.8, 4) is 0 Å². The molecule has 10 nitrogen and oxygen atoms in total. The van der Waals surface area contributed by atoms with E-state index in [4.69, 9.17) is 31.6 Å². The Morgan fingerprint density at radius 2 is 0.770 bits per heavy atom. The second-order valence-electron chi connectivity index (χ2n) is 33.9. The summed E-state index contributed by atoms with van der Waals surface area (Å²) in [6, 6.07) is 0. The standard InChI is InChI=1S/C72H136O10Si5/c1-36-58(56(9)73)46-48-60(79-84(28,29)69(14,15)16)52(5)66(81-86(32,33)71(20,21)22)54(7)64-50(3)42-38-40-45-63(75)77-65(51(4)43-39-41-44-62(74)76-64)55(8)67(82-87(34,35)72(23,24)25)53(6)61(80-85(30,31)70(17,18)19)49-47-59(37-2)57(10)78-83(26,27)68(11,12)13/h38-55,57-61,64-67H,36-37H2,1-35H3/b42-38+,43-39+,44-41+,45-40+,48-46+,49-47+/t50-,51-,52+,53+,54+,55+,57+,58-,59-,60?,61?,64-,65-,66-,67-/m0/s1. The summed E-state index contributed by atoms with van der Waals surface area (Å²) in [6.07, 6.45) is 21.8. The molecule has 0 radical (unpaired) electrons. The van der Waals surface area contributed by atoms with Crippen molar-refractivity contribution >= 4 is 59.3 Å². The van der Waals surface area contributed by atoms with Crippen molar-refractivity contribution in [1.29, 1.82) is 0 Å². The molecule has 1 heterocycles. The minimum absolute atomic E-state index is 0.0215. The van der Waals surface area contributed by atoms with Crippen LogP contribution in [0.4, 0.5) is 0 Å². The zero-order chi connectivity index (χ0) is 68.2. The lowest BCUT2D eigenvalue weighted by Crippen LogP contribution is -2.54. The fourth-order valence-corrected chi connectivity index (χ4v) is 17.0. The van der Waals surface area contributed by atoms with Gasteiger partial charge in [0.2, 0.25) is 0 Å². The highest BCUT2D eigenvalue weighted by atomic mass is 28.4. The third-order valence-electron chi connectivity index (χ3n) is 21.6. The van der Waals surface area contributed by atoms with Gasteiger partial charge in [-0.2, -0.15) is 0 Å². The van der Waals surface area contributed by atoms with E-state index < -0.39 is 71.8 Å². The Morgan fingerprint density at radius 3 is 1.06 bits per heavy atom. The molecule has 15 heteroatoms. The lowest BCUT2D eigenvalue weighted by molar-refractivity contribution is -0.152. The first-order valence-electron chi connectivity index (χ1n) is 33.4. The van der Waals surface area contributed by atoms with Crippen molar-refractivity contribution in [2.45, 2.75) is 319 Å². The van der Waals surface area contributed by atoms with E-state index in [0.717, 1.165) is 6.42 Å². The molecule has 0 fully saturated rings. The molecule has 0 bridgehead atoms. The summed E-state index contributed by atoms with van der Waals surface area (Å²) in [5, 5.41) is -0.301. The predicted molar refractivity (Wildman–Crippen MR) is 384 cm³/mol. The van der Waals surface area contributed by atoms with Crippen molar-refractivity contribution in [3.63, 3.8) is 0 Å². The van der Waals surface area contributed by atoms with Gasteiger partial charge in [0.05, 0.1) is 24.4 Å². The maximum atomic E-state index is 14.4. The van der Waals surface area contributed by atoms with Gasteiger partial charge in [0, 0.05) is 65.6 Å². The van der Waals surface area contributed by atoms with E-state index in [1.807, 2.05) is 44.2 Å². The second kappa shape index (κ2) is 32.7. The number of cyclic esters (lactones) is 2. The van der Waals surface area contributed by atoms with Gasteiger partial charge in [0.25, 0.3) is 0 Å². The SMILES string of the molecule is CC[C@@H](/C=C/C(O[Si](C)(C)C(C)(C)C)[C@@H](C)[C@H](O[Si](C)(C)C(C)(C)C)[C@H](C)[C@H]1OC(=O)/C=C/C=C/[C@H](C)[C@@H]([C@@H](C)[C@@H](O[Si](C)(C)C(C)(C)C)[C@H](C)C(/C=C/[C@H](CC)[C@@H](C)O[Si](C)(C)C(C)(C)C)O[Si](C)(C)C(C)(C)C)OC(=O)/C=C/C=C/[C@@H]1C)C(C)=O. The van der Waals surface area contributed by atoms with Gasteiger partial charge in [-0.25, -0.2) is 9.59 Å². The largest absolute Gasteiger partial charge is 0.458 e. The van der Waals surface area contributed by atoms with Gasteiger partial charge >= 0.3 is 11.9 Å². The number of Topliss-reactive ketones (excluding diaryl/α,β-unsaturated/α-hetero) is 1. The molecular formula is C72H136O10Si5. The van der Waals surface area contributed by atoms with Gasteiger partial charge in [-0.05, 0) is 117 Å². The van der Waals surface area contributed by atoms with Crippen LogP contribution in [0.25, 0.3) is 0 Å². The van der Waals surface area contributed by atoms with Crippen LogP contribution in [-0.2, 0) is 46.0 Å². The van der Waals surface area contributed by atoms with Gasteiger partial charge in [-0.1, -0.05) is 220 Å². The lowest BCUT2D eigenvalue weighted by Gasteiger charge is -2.47. The fraction of sp³-hybridized carbons (Fsp3) is 0.792. The number of carbonyl (C=O) groups is 3. The van der Waals surface area contributed by atoms with E-state index in [1.54, 1.807) is 19.1 Å². The third kappa shape index (κ3) is 24.4. The van der Waals surface area contributed by atoms with Crippen LogP contribution in [-0.4, -0.2) is 102 Å². The van der Waals surface area contributed by atoms with Gasteiger partial charge < -0.3 is 31.6 Å². The number of hydrogen-bond donors (Lipinski definition) is 0. The van der Waals surface area contributed by atoms with E-state index in [2.05, 4.69) is 236 Å². The van der Waals surface area contributed by atoms with Crippen molar-refractivity contribution in [3.05, 3.63) is 72.9 Å². The van der Waals surface area contributed by atoms with Crippen LogP contribution in [0, 0.1) is 47.3 Å².